The first kappa shape index (κ1) is 21.6. The van der Waals surface area contributed by atoms with Gasteiger partial charge in [0.1, 0.15) is 5.82 Å². The van der Waals surface area contributed by atoms with E-state index in [1.807, 2.05) is 33.8 Å². The quantitative estimate of drug-likeness (QED) is 0.434. The van der Waals surface area contributed by atoms with Gasteiger partial charge in [-0.1, -0.05) is 17.7 Å². The highest BCUT2D eigenvalue weighted by molar-refractivity contribution is 5.96. The molecule has 0 radical (unpaired) electrons. The number of methoxy groups -OCH3 is 3. The number of hydrogen-bond acceptors (Lipinski definition) is 5. The third kappa shape index (κ3) is 3.57. The smallest absolute Gasteiger partial charge is 0.254 e. The second-order valence-corrected chi connectivity index (χ2v) is 8.16. The fraction of sp³-hybridized carbons (Fsp3) is 0.231. The Kier molecular flexibility index (Phi) is 5.49. The maximum atomic E-state index is 13.5. The van der Waals surface area contributed by atoms with Crippen molar-refractivity contribution in [2.75, 3.05) is 21.3 Å². The number of aryl methyl sites for hydroxylation is 1. The summed E-state index contributed by atoms with van der Waals surface area (Å²) in [7, 11) is 4.61. The van der Waals surface area contributed by atoms with E-state index in [1.165, 1.54) is 26.9 Å². The van der Waals surface area contributed by atoms with Crippen molar-refractivity contribution in [1.29, 1.82) is 0 Å². The number of aromatic nitrogens is 3. The van der Waals surface area contributed by atoms with Crippen LogP contribution in [-0.4, -0.2) is 46.5 Å². The summed E-state index contributed by atoms with van der Waals surface area (Å²) >= 11 is 0. The van der Waals surface area contributed by atoms with Crippen molar-refractivity contribution in [3.63, 3.8) is 0 Å². The van der Waals surface area contributed by atoms with Crippen LogP contribution in [-0.2, 0) is 13.1 Å². The first-order chi connectivity index (χ1) is 16.5. The minimum atomic E-state index is -0.127. The van der Waals surface area contributed by atoms with Gasteiger partial charge < -0.3 is 23.7 Å². The Balaban J connectivity index is 1.51. The van der Waals surface area contributed by atoms with Crippen LogP contribution in [0.15, 0.2) is 60.9 Å². The lowest BCUT2D eigenvalue weighted by molar-refractivity contribution is 0.0748. The molecule has 1 aliphatic heterocycles. The van der Waals surface area contributed by atoms with Gasteiger partial charge in [-0.25, -0.2) is 4.68 Å². The number of fused-ring (bicyclic) bond motifs is 1. The van der Waals surface area contributed by atoms with Crippen molar-refractivity contribution < 1.29 is 19.0 Å². The summed E-state index contributed by atoms with van der Waals surface area (Å²) < 4.78 is 20.2. The molecule has 1 amide bonds. The Labute approximate surface area is 197 Å². The third-order valence-corrected chi connectivity index (χ3v) is 6.06. The average Bonchev–Trinajstić information content (AvgIpc) is 3.59. The van der Waals surface area contributed by atoms with Crippen LogP contribution in [0.4, 0.5) is 0 Å². The number of carbonyl (C=O) groups is 1. The highest BCUT2D eigenvalue weighted by atomic mass is 16.5. The molecule has 3 heterocycles. The lowest BCUT2D eigenvalue weighted by Crippen LogP contribution is -2.26. The summed E-state index contributed by atoms with van der Waals surface area (Å²) in [5.74, 6) is 2.15. The largest absolute Gasteiger partial charge is 0.493 e. The van der Waals surface area contributed by atoms with Crippen LogP contribution >= 0.6 is 0 Å². The molecule has 174 valence electrons. The zero-order valence-corrected chi connectivity index (χ0v) is 19.6. The highest BCUT2D eigenvalue weighted by Gasteiger charge is 2.32. The van der Waals surface area contributed by atoms with Crippen LogP contribution in [0.5, 0.6) is 17.2 Å². The number of benzene rings is 2. The van der Waals surface area contributed by atoms with Gasteiger partial charge in [0.25, 0.3) is 5.91 Å². The zero-order valence-electron chi connectivity index (χ0n) is 19.6. The van der Waals surface area contributed by atoms with Crippen molar-refractivity contribution in [3.05, 3.63) is 83.3 Å². The first-order valence-electron chi connectivity index (χ1n) is 10.9. The monoisotopic (exact) mass is 458 g/mol. The molecule has 2 aromatic carbocycles. The molecule has 0 atom stereocenters. The predicted octanol–water partition coefficient (Wildman–Crippen LogP) is 4.15. The van der Waals surface area contributed by atoms with Crippen molar-refractivity contribution in [3.8, 4) is 28.8 Å². The summed E-state index contributed by atoms with van der Waals surface area (Å²) in [6.45, 7) is 2.93. The molecule has 1 aliphatic rings. The van der Waals surface area contributed by atoms with E-state index in [1.54, 1.807) is 17.0 Å². The molecule has 0 fully saturated rings. The van der Waals surface area contributed by atoms with E-state index >= 15 is 0 Å². The Hall–Kier alpha value is -4.20. The van der Waals surface area contributed by atoms with Crippen molar-refractivity contribution in [2.24, 2.45) is 0 Å². The van der Waals surface area contributed by atoms with Gasteiger partial charge in [0.05, 0.1) is 45.8 Å². The molecule has 0 saturated heterocycles. The van der Waals surface area contributed by atoms with Crippen molar-refractivity contribution in [2.45, 2.75) is 20.0 Å². The number of nitrogens with zero attached hydrogens (tertiary/aromatic N) is 4. The summed E-state index contributed by atoms with van der Waals surface area (Å²) in [6.07, 6.45) is 3.98. The normalized spacial score (nSPS) is 12.5. The molecule has 0 bridgehead atoms. The molecular formula is C26H26N4O4. The van der Waals surface area contributed by atoms with Gasteiger partial charge in [-0.05, 0) is 43.3 Å². The van der Waals surface area contributed by atoms with Gasteiger partial charge in [-0.15, -0.1) is 0 Å². The average molecular weight is 459 g/mol. The Morgan fingerprint density at radius 3 is 2.15 bits per heavy atom. The highest BCUT2D eigenvalue weighted by Crippen LogP contribution is 2.39. The molecule has 0 saturated carbocycles. The standard InChI is InChI=1S/C26H26N4O4/c1-17-7-9-19(10-8-17)30-25(28-11-5-6-12-28)20-15-29(16-21(20)27-30)26(31)18-13-22(32-2)24(34-4)23(14-18)33-3/h5-14H,15-16H2,1-4H3. The summed E-state index contributed by atoms with van der Waals surface area (Å²) in [6, 6.07) is 15.6. The minimum absolute atomic E-state index is 0.127. The molecule has 34 heavy (non-hydrogen) atoms. The van der Waals surface area contributed by atoms with Crippen LogP contribution in [0.2, 0.25) is 0 Å². The van der Waals surface area contributed by atoms with E-state index in [4.69, 9.17) is 19.3 Å². The van der Waals surface area contributed by atoms with Gasteiger partial charge in [-0.3, -0.25) is 4.79 Å². The molecule has 0 spiro atoms. The molecule has 4 aromatic rings. The number of rotatable bonds is 6. The summed E-state index contributed by atoms with van der Waals surface area (Å²) in [4.78, 5) is 15.3. The Bertz CT molecular complexity index is 1320. The first-order valence-corrected chi connectivity index (χ1v) is 10.9. The van der Waals surface area contributed by atoms with Crippen LogP contribution in [0.3, 0.4) is 0 Å². The summed E-state index contributed by atoms with van der Waals surface area (Å²) in [5, 5.41) is 4.90. The molecular weight excluding hydrogens is 432 g/mol. The van der Waals surface area contributed by atoms with Crippen LogP contribution in [0, 0.1) is 6.92 Å². The van der Waals surface area contributed by atoms with E-state index in [-0.39, 0.29) is 5.91 Å². The van der Waals surface area contributed by atoms with Crippen molar-refractivity contribution in [1.82, 2.24) is 19.2 Å². The van der Waals surface area contributed by atoms with Gasteiger partial charge in [0, 0.05) is 23.5 Å². The molecule has 0 N–H and O–H groups in total. The van der Waals surface area contributed by atoms with E-state index in [2.05, 4.69) is 31.2 Å². The van der Waals surface area contributed by atoms with Crippen molar-refractivity contribution >= 4 is 5.91 Å². The molecule has 8 nitrogen and oxygen atoms in total. The number of amides is 1. The van der Waals surface area contributed by atoms with E-state index in [9.17, 15) is 4.79 Å². The van der Waals surface area contributed by atoms with Gasteiger partial charge in [0.2, 0.25) is 5.75 Å². The molecule has 0 unspecified atom stereocenters. The second kappa shape index (κ2) is 8.62. The maximum absolute atomic E-state index is 13.5. The third-order valence-electron chi connectivity index (χ3n) is 6.06. The molecule has 8 heteroatoms. The number of carbonyl (C=O) groups excluding carboxylic acids is 1. The minimum Gasteiger partial charge on any atom is -0.493 e. The number of hydrogen-bond donors (Lipinski definition) is 0. The predicted molar refractivity (Wildman–Crippen MR) is 127 cm³/mol. The fourth-order valence-electron chi connectivity index (χ4n) is 4.34. The van der Waals surface area contributed by atoms with Gasteiger partial charge >= 0.3 is 0 Å². The van der Waals surface area contributed by atoms with Crippen LogP contribution < -0.4 is 14.2 Å². The molecule has 5 rings (SSSR count). The van der Waals surface area contributed by atoms with E-state index in [0.29, 0.717) is 35.9 Å². The Morgan fingerprint density at radius 2 is 1.56 bits per heavy atom. The fourth-order valence-corrected chi connectivity index (χ4v) is 4.34. The summed E-state index contributed by atoms with van der Waals surface area (Å²) in [5.41, 5.74) is 4.54. The lowest BCUT2D eigenvalue weighted by atomic mass is 10.1. The van der Waals surface area contributed by atoms with E-state index < -0.39 is 0 Å². The van der Waals surface area contributed by atoms with E-state index in [0.717, 1.165) is 22.8 Å². The second-order valence-electron chi connectivity index (χ2n) is 8.16. The molecule has 2 aromatic heterocycles. The SMILES string of the molecule is COc1cc(C(=O)N2Cc3nn(-c4ccc(C)cc4)c(-n4cccc4)c3C2)cc(OC)c1OC. The van der Waals surface area contributed by atoms with Crippen LogP contribution in [0.25, 0.3) is 11.5 Å². The zero-order chi connectivity index (χ0) is 23.8. The topological polar surface area (TPSA) is 70.8 Å². The lowest BCUT2D eigenvalue weighted by Gasteiger charge is -2.19. The maximum Gasteiger partial charge on any atom is 0.254 e. The molecule has 0 aliphatic carbocycles. The Morgan fingerprint density at radius 1 is 0.912 bits per heavy atom. The number of ether oxygens (including phenoxy) is 3. The van der Waals surface area contributed by atoms with Gasteiger partial charge in [0.15, 0.2) is 11.5 Å². The van der Waals surface area contributed by atoms with Crippen LogP contribution in [0.1, 0.15) is 27.2 Å². The van der Waals surface area contributed by atoms with Gasteiger partial charge in [-0.2, -0.15) is 5.10 Å².